The number of carbonyl (C=O) groups is 3. The molecule has 0 aromatic rings. The van der Waals surface area contributed by atoms with Crippen LogP contribution in [-0.4, -0.2) is 54.8 Å². The normalized spacial score (nSPS) is 16.6. The van der Waals surface area contributed by atoms with Crippen molar-refractivity contribution in [1.82, 2.24) is 4.90 Å². The molecule has 0 saturated heterocycles. The molecule has 0 aromatic heterocycles. The van der Waals surface area contributed by atoms with E-state index in [1.807, 2.05) is 0 Å². The standard InChI is InChI=1S/C15H25NO6/c1-11(10-22-15(20)16(2)8-13(17)18)9-21-14(19)12-6-4-3-5-7-12/h11-12H,3-10H2,1-2H3,(H,17,18). The van der Waals surface area contributed by atoms with Crippen LogP contribution < -0.4 is 0 Å². The summed E-state index contributed by atoms with van der Waals surface area (Å²) in [6, 6.07) is 0. The van der Waals surface area contributed by atoms with Crippen LogP contribution in [0.4, 0.5) is 4.79 Å². The van der Waals surface area contributed by atoms with Gasteiger partial charge in [-0.15, -0.1) is 0 Å². The lowest BCUT2D eigenvalue weighted by atomic mass is 9.89. The van der Waals surface area contributed by atoms with Crippen LogP contribution in [0.2, 0.25) is 0 Å². The highest BCUT2D eigenvalue weighted by Crippen LogP contribution is 2.24. The third kappa shape index (κ3) is 6.78. The van der Waals surface area contributed by atoms with Crippen LogP contribution in [0, 0.1) is 11.8 Å². The summed E-state index contributed by atoms with van der Waals surface area (Å²) in [5.41, 5.74) is 0. The number of likely N-dealkylation sites (N-methyl/N-ethyl adjacent to an activating group) is 1. The number of carboxylic acid groups (broad SMARTS) is 1. The molecule has 0 heterocycles. The zero-order valence-corrected chi connectivity index (χ0v) is 13.2. The van der Waals surface area contributed by atoms with E-state index in [1.165, 1.54) is 13.5 Å². The Bertz CT molecular complexity index is 391. The van der Waals surface area contributed by atoms with Crippen molar-refractivity contribution in [1.29, 1.82) is 0 Å². The van der Waals surface area contributed by atoms with Crippen molar-refractivity contribution in [2.24, 2.45) is 11.8 Å². The van der Waals surface area contributed by atoms with E-state index in [9.17, 15) is 14.4 Å². The van der Waals surface area contributed by atoms with Crippen molar-refractivity contribution in [3.63, 3.8) is 0 Å². The number of rotatable bonds is 7. The minimum Gasteiger partial charge on any atom is -0.480 e. The highest BCUT2D eigenvalue weighted by Gasteiger charge is 2.23. The van der Waals surface area contributed by atoms with Crippen LogP contribution in [-0.2, 0) is 19.1 Å². The fourth-order valence-corrected chi connectivity index (χ4v) is 2.32. The lowest BCUT2D eigenvalue weighted by molar-refractivity contribution is -0.151. The van der Waals surface area contributed by atoms with Crippen molar-refractivity contribution in [2.75, 3.05) is 26.8 Å². The zero-order valence-electron chi connectivity index (χ0n) is 13.2. The number of aliphatic carboxylic acids is 1. The molecule has 1 fully saturated rings. The molecule has 0 radical (unpaired) electrons. The van der Waals surface area contributed by atoms with Gasteiger partial charge in [0.25, 0.3) is 0 Å². The molecule has 0 aromatic carbocycles. The summed E-state index contributed by atoms with van der Waals surface area (Å²) < 4.78 is 10.2. The molecule has 0 spiro atoms. The second-order valence-electron chi connectivity index (χ2n) is 5.90. The molecule has 1 aliphatic carbocycles. The average molecular weight is 315 g/mol. The van der Waals surface area contributed by atoms with E-state index in [1.54, 1.807) is 6.92 Å². The molecule has 1 aliphatic rings. The third-order valence-electron chi connectivity index (χ3n) is 3.62. The zero-order chi connectivity index (χ0) is 16.5. The topological polar surface area (TPSA) is 93.1 Å². The number of nitrogens with zero attached hydrogens (tertiary/aromatic N) is 1. The summed E-state index contributed by atoms with van der Waals surface area (Å²) >= 11 is 0. The van der Waals surface area contributed by atoms with E-state index < -0.39 is 18.6 Å². The summed E-state index contributed by atoms with van der Waals surface area (Å²) in [7, 11) is 1.35. The molecule has 7 nitrogen and oxygen atoms in total. The van der Waals surface area contributed by atoms with E-state index >= 15 is 0 Å². The largest absolute Gasteiger partial charge is 0.480 e. The highest BCUT2D eigenvalue weighted by atomic mass is 16.6. The lowest BCUT2D eigenvalue weighted by Gasteiger charge is -2.21. The fourth-order valence-electron chi connectivity index (χ4n) is 2.32. The van der Waals surface area contributed by atoms with Crippen LogP contribution in [0.5, 0.6) is 0 Å². The van der Waals surface area contributed by atoms with E-state index in [2.05, 4.69) is 0 Å². The van der Waals surface area contributed by atoms with Crippen molar-refractivity contribution < 1.29 is 29.0 Å². The van der Waals surface area contributed by atoms with Gasteiger partial charge in [0.15, 0.2) is 0 Å². The molecule has 0 aliphatic heterocycles. The highest BCUT2D eigenvalue weighted by molar-refractivity contribution is 5.76. The number of carbonyl (C=O) groups excluding carboxylic acids is 2. The Hall–Kier alpha value is -1.79. The van der Waals surface area contributed by atoms with E-state index in [0.29, 0.717) is 0 Å². The number of carboxylic acids is 1. The Balaban J connectivity index is 2.19. The average Bonchev–Trinajstić information content (AvgIpc) is 2.50. The van der Waals surface area contributed by atoms with Crippen LogP contribution in [0.3, 0.4) is 0 Å². The number of esters is 1. The molecule has 1 saturated carbocycles. The summed E-state index contributed by atoms with van der Waals surface area (Å²) in [5, 5.41) is 8.57. The molecular formula is C15H25NO6. The first kappa shape index (κ1) is 18.3. The quantitative estimate of drug-likeness (QED) is 0.721. The van der Waals surface area contributed by atoms with Gasteiger partial charge < -0.3 is 19.5 Å². The third-order valence-corrected chi connectivity index (χ3v) is 3.62. The minimum atomic E-state index is -1.10. The molecule has 0 bridgehead atoms. The van der Waals surface area contributed by atoms with Crippen molar-refractivity contribution >= 4 is 18.0 Å². The van der Waals surface area contributed by atoms with Gasteiger partial charge in [-0.25, -0.2) is 4.79 Å². The van der Waals surface area contributed by atoms with Crippen molar-refractivity contribution in [3.8, 4) is 0 Å². The van der Waals surface area contributed by atoms with Gasteiger partial charge in [-0.05, 0) is 12.8 Å². The predicted molar refractivity (Wildman–Crippen MR) is 78.3 cm³/mol. The summed E-state index contributed by atoms with van der Waals surface area (Å²) in [4.78, 5) is 34.8. The van der Waals surface area contributed by atoms with Gasteiger partial charge in [0.2, 0.25) is 0 Å². The SMILES string of the molecule is CC(COC(=O)C1CCCCC1)COC(=O)N(C)CC(=O)O. The maximum absolute atomic E-state index is 11.9. The van der Waals surface area contributed by atoms with Crippen molar-refractivity contribution in [3.05, 3.63) is 0 Å². The molecular weight excluding hydrogens is 290 g/mol. The Morgan fingerprint density at radius 2 is 1.73 bits per heavy atom. The Labute approximate surface area is 130 Å². The smallest absolute Gasteiger partial charge is 0.410 e. The van der Waals surface area contributed by atoms with Gasteiger partial charge in [-0.2, -0.15) is 0 Å². The molecule has 1 rings (SSSR count). The van der Waals surface area contributed by atoms with Crippen LogP contribution in [0.1, 0.15) is 39.0 Å². The summed E-state index contributed by atoms with van der Waals surface area (Å²) in [6.45, 7) is 1.68. The maximum Gasteiger partial charge on any atom is 0.410 e. The number of hydrogen-bond donors (Lipinski definition) is 1. The minimum absolute atomic E-state index is 0.00482. The molecule has 126 valence electrons. The fraction of sp³-hybridized carbons (Fsp3) is 0.800. The second-order valence-corrected chi connectivity index (χ2v) is 5.90. The maximum atomic E-state index is 11.9. The monoisotopic (exact) mass is 315 g/mol. The van der Waals surface area contributed by atoms with E-state index in [-0.39, 0.29) is 31.0 Å². The Morgan fingerprint density at radius 3 is 2.32 bits per heavy atom. The Kier molecular flexibility index (Phi) is 7.70. The Morgan fingerprint density at radius 1 is 1.14 bits per heavy atom. The number of amides is 1. The lowest BCUT2D eigenvalue weighted by Crippen LogP contribution is -2.33. The number of ether oxygens (including phenoxy) is 2. The molecule has 1 atom stereocenters. The second kappa shape index (κ2) is 9.27. The molecule has 22 heavy (non-hydrogen) atoms. The van der Waals surface area contributed by atoms with Gasteiger partial charge in [-0.3, -0.25) is 9.59 Å². The molecule has 7 heteroatoms. The van der Waals surface area contributed by atoms with E-state index in [4.69, 9.17) is 14.6 Å². The summed E-state index contributed by atoms with van der Waals surface area (Å²) in [6.07, 6.45) is 4.41. The van der Waals surface area contributed by atoms with Crippen LogP contribution in [0.25, 0.3) is 0 Å². The molecule has 1 unspecified atom stereocenters. The first-order chi connectivity index (χ1) is 10.4. The van der Waals surface area contributed by atoms with Crippen molar-refractivity contribution in [2.45, 2.75) is 39.0 Å². The van der Waals surface area contributed by atoms with Crippen LogP contribution in [0.15, 0.2) is 0 Å². The van der Waals surface area contributed by atoms with Gasteiger partial charge in [0.1, 0.15) is 6.54 Å². The predicted octanol–water partition coefficient (Wildman–Crippen LogP) is 1.90. The first-order valence-corrected chi connectivity index (χ1v) is 7.66. The van der Waals surface area contributed by atoms with Crippen LogP contribution >= 0.6 is 0 Å². The molecule has 1 N–H and O–H groups in total. The van der Waals surface area contributed by atoms with Gasteiger partial charge in [-0.1, -0.05) is 26.2 Å². The molecule has 1 amide bonds. The summed E-state index contributed by atoms with van der Waals surface area (Å²) in [5.74, 6) is -1.39. The van der Waals surface area contributed by atoms with Gasteiger partial charge in [0, 0.05) is 13.0 Å². The first-order valence-electron chi connectivity index (χ1n) is 7.66. The van der Waals surface area contributed by atoms with Gasteiger partial charge in [0.05, 0.1) is 19.1 Å². The van der Waals surface area contributed by atoms with Gasteiger partial charge >= 0.3 is 18.0 Å². The van der Waals surface area contributed by atoms with E-state index in [0.717, 1.165) is 30.6 Å². The number of hydrogen-bond acceptors (Lipinski definition) is 5.